The van der Waals surface area contributed by atoms with Gasteiger partial charge in [0.1, 0.15) is 17.2 Å². The van der Waals surface area contributed by atoms with Gasteiger partial charge in [0.25, 0.3) is 0 Å². The van der Waals surface area contributed by atoms with Crippen LogP contribution in [0.25, 0.3) is 16.9 Å². The number of benzene rings is 1. The number of carbonyl (C=O) groups excluding carboxylic acids is 1. The van der Waals surface area contributed by atoms with Gasteiger partial charge in [-0.25, -0.2) is 4.98 Å². The summed E-state index contributed by atoms with van der Waals surface area (Å²) in [4.78, 5) is 17.1. The van der Waals surface area contributed by atoms with Crippen LogP contribution in [0.3, 0.4) is 0 Å². The normalized spacial score (nSPS) is 12.1. The maximum Gasteiger partial charge on any atom is 0.311 e. The number of rotatable bonds is 9. The van der Waals surface area contributed by atoms with Crippen LogP contribution in [-0.4, -0.2) is 28.0 Å². The molecule has 0 saturated heterocycles. The highest BCUT2D eigenvalue weighted by Crippen LogP contribution is 2.38. The molecule has 0 radical (unpaired) electrons. The molecule has 0 unspecified atom stereocenters. The van der Waals surface area contributed by atoms with Crippen LogP contribution < -0.4 is 14.8 Å². The molecule has 0 aliphatic rings. The van der Waals surface area contributed by atoms with Gasteiger partial charge in [0.05, 0.1) is 7.11 Å². The lowest BCUT2D eigenvalue weighted by Crippen LogP contribution is -2.36. The van der Waals surface area contributed by atoms with E-state index in [0.29, 0.717) is 17.9 Å². The zero-order chi connectivity index (χ0) is 25.1. The van der Waals surface area contributed by atoms with Gasteiger partial charge < -0.3 is 14.8 Å². The number of ether oxygens (including phenoxy) is 2. The van der Waals surface area contributed by atoms with Crippen molar-refractivity contribution in [2.24, 2.45) is 5.41 Å². The molecular formula is C27H36BrN3O3. The van der Waals surface area contributed by atoms with E-state index in [9.17, 15) is 4.79 Å². The summed E-state index contributed by atoms with van der Waals surface area (Å²) in [5, 5.41) is 3.75. The van der Waals surface area contributed by atoms with E-state index in [-0.39, 0.29) is 16.9 Å². The summed E-state index contributed by atoms with van der Waals surface area (Å²) in [5.74, 6) is 1.57. The number of aromatic nitrogens is 2. The van der Waals surface area contributed by atoms with Crippen molar-refractivity contribution in [2.75, 3.05) is 12.4 Å². The number of carbonyl (C=O) groups is 1. The predicted molar refractivity (Wildman–Crippen MR) is 142 cm³/mol. The minimum atomic E-state index is -0.253. The van der Waals surface area contributed by atoms with Gasteiger partial charge in [0.2, 0.25) is 0 Å². The summed E-state index contributed by atoms with van der Waals surface area (Å²) < 4.78 is 14.2. The van der Waals surface area contributed by atoms with Crippen LogP contribution in [0.15, 0.2) is 41.0 Å². The molecule has 0 saturated carbocycles. The lowest BCUT2D eigenvalue weighted by atomic mass is 9.82. The van der Waals surface area contributed by atoms with Gasteiger partial charge in [-0.05, 0) is 78.4 Å². The number of fused-ring (bicyclic) bond motifs is 1. The SMILES string of the molecule is CCCCC(=O)Oc1ccc(-c2nc3ccc(Br)cn3c2NC(C)(C)CC(C)(C)C)cc1OC. The Morgan fingerprint density at radius 2 is 1.85 bits per heavy atom. The Labute approximate surface area is 211 Å². The average molecular weight is 531 g/mol. The summed E-state index contributed by atoms with van der Waals surface area (Å²) in [7, 11) is 1.58. The third kappa shape index (κ3) is 6.53. The van der Waals surface area contributed by atoms with E-state index in [0.717, 1.165) is 46.5 Å². The molecule has 0 spiro atoms. The Hall–Kier alpha value is -2.54. The fourth-order valence-electron chi connectivity index (χ4n) is 4.42. The van der Waals surface area contributed by atoms with Gasteiger partial charge in [-0.3, -0.25) is 9.20 Å². The number of halogens is 1. The molecule has 6 nitrogen and oxygen atoms in total. The van der Waals surface area contributed by atoms with Gasteiger partial charge in [-0.2, -0.15) is 0 Å². The first-order chi connectivity index (χ1) is 15.9. The van der Waals surface area contributed by atoms with Gasteiger partial charge in [-0.15, -0.1) is 0 Å². The van der Waals surface area contributed by atoms with E-state index in [4.69, 9.17) is 14.5 Å². The molecule has 1 aromatic carbocycles. The summed E-state index contributed by atoms with van der Waals surface area (Å²) in [5.41, 5.74) is 2.50. The molecule has 2 aromatic heterocycles. The standard InChI is InChI=1S/C27H36BrN3O3/c1-8-9-10-23(32)34-20-13-11-18(15-21(20)33-7)24-25(30-27(5,6)17-26(2,3)4)31-16-19(28)12-14-22(31)29-24/h11-16,30H,8-10,17H2,1-7H3. The fraction of sp³-hybridized carbons (Fsp3) is 0.481. The number of nitrogens with zero attached hydrogens (tertiary/aromatic N) is 2. The summed E-state index contributed by atoms with van der Waals surface area (Å²) in [6.45, 7) is 13.2. The Bertz CT molecular complexity index is 1160. The molecule has 7 heteroatoms. The van der Waals surface area contributed by atoms with Crippen molar-refractivity contribution in [2.45, 2.75) is 72.8 Å². The van der Waals surface area contributed by atoms with E-state index in [2.05, 4.69) is 60.3 Å². The number of unbranched alkanes of at least 4 members (excludes halogenated alkanes) is 1. The number of esters is 1. The highest BCUT2D eigenvalue weighted by molar-refractivity contribution is 9.10. The van der Waals surface area contributed by atoms with Crippen LogP contribution in [0.4, 0.5) is 5.82 Å². The maximum absolute atomic E-state index is 12.2. The van der Waals surface area contributed by atoms with Crippen molar-refractivity contribution in [3.63, 3.8) is 0 Å². The first kappa shape index (κ1) is 26.1. The van der Waals surface area contributed by atoms with Gasteiger partial charge in [0, 0.05) is 28.2 Å². The van der Waals surface area contributed by atoms with Crippen LogP contribution >= 0.6 is 15.9 Å². The predicted octanol–water partition coefficient (Wildman–Crippen LogP) is 7.49. The van der Waals surface area contributed by atoms with E-state index < -0.39 is 0 Å². The Morgan fingerprint density at radius 3 is 2.50 bits per heavy atom. The van der Waals surface area contributed by atoms with Crippen LogP contribution in [0.5, 0.6) is 11.5 Å². The van der Waals surface area contributed by atoms with Crippen molar-refractivity contribution in [1.82, 2.24) is 9.38 Å². The van der Waals surface area contributed by atoms with Gasteiger partial charge in [0.15, 0.2) is 11.5 Å². The van der Waals surface area contributed by atoms with Crippen molar-refractivity contribution >= 4 is 33.4 Å². The molecule has 0 amide bonds. The molecule has 3 aromatic rings. The van der Waals surface area contributed by atoms with Crippen LogP contribution in [0.2, 0.25) is 0 Å². The molecule has 0 bridgehead atoms. The minimum Gasteiger partial charge on any atom is -0.493 e. The van der Waals surface area contributed by atoms with Crippen molar-refractivity contribution in [1.29, 1.82) is 0 Å². The fourth-order valence-corrected chi connectivity index (χ4v) is 4.76. The molecule has 0 aliphatic heterocycles. The third-order valence-corrected chi connectivity index (χ3v) is 5.88. The van der Waals surface area contributed by atoms with E-state index in [1.54, 1.807) is 13.2 Å². The number of hydrogen-bond donors (Lipinski definition) is 1. The molecule has 184 valence electrons. The van der Waals surface area contributed by atoms with E-state index in [1.807, 2.05) is 37.4 Å². The highest BCUT2D eigenvalue weighted by atomic mass is 79.9. The molecule has 34 heavy (non-hydrogen) atoms. The first-order valence-electron chi connectivity index (χ1n) is 11.8. The van der Waals surface area contributed by atoms with Gasteiger partial charge in [-0.1, -0.05) is 34.1 Å². The maximum atomic E-state index is 12.2. The molecule has 0 atom stereocenters. The zero-order valence-corrected chi connectivity index (χ0v) is 22.9. The quantitative estimate of drug-likeness (QED) is 0.229. The van der Waals surface area contributed by atoms with Gasteiger partial charge >= 0.3 is 5.97 Å². The van der Waals surface area contributed by atoms with Crippen molar-refractivity contribution < 1.29 is 14.3 Å². The number of hydrogen-bond acceptors (Lipinski definition) is 5. The third-order valence-electron chi connectivity index (χ3n) is 5.41. The Balaban J connectivity index is 2.05. The van der Waals surface area contributed by atoms with Crippen LogP contribution in [0.1, 0.15) is 67.2 Å². The number of nitrogens with one attached hydrogen (secondary N) is 1. The van der Waals surface area contributed by atoms with Crippen LogP contribution in [0, 0.1) is 5.41 Å². The lowest BCUT2D eigenvalue weighted by Gasteiger charge is -2.34. The van der Waals surface area contributed by atoms with E-state index >= 15 is 0 Å². The Kier molecular flexibility index (Phi) is 7.96. The van der Waals surface area contributed by atoms with Crippen molar-refractivity contribution in [3.05, 3.63) is 41.0 Å². The molecule has 3 rings (SSSR count). The second kappa shape index (κ2) is 10.4. The monoisotopic (exact) mass is 529 g/mol. The highest BCUT2D eigenvalue weighted by Gasteiger charge is 2.28. The minimum absolute atomic E-state index is 0.157. The van der Waals surface area contributed by atoms with E-state index in [1.165, 1.54) is 0 Å². The Morgan fingerprint density at radius 1 is 1.12 bits per heavy atom. The lowest BCUT2D eigenvalue weighted by molar-refractivity contribution is -0.134. The molecule has 0 fully saturated rings. The number of anilines is 1. The first-order valence-corrected chi connectivity index (χ1v) is 12.6. The zero-order valence-electron chi connectivity index (χ0n) is 21.3. The molecular weight excluding hydrogens is 494 g/mol. The van der Waals surface area contributed by atoms with Crippen LogP contribution in [-0.2, 0) is 4.79 Å². The summed E-state index contributed by atoms with van der Waals surface area (Å²) in [6.07, 6.45) is 5.12. The summed E-state index contributed by atoms with van der Waals surface area (Å²) in [6, 6.07) is 9.54. The second-order valence-corrected chi connectivity index (χ2v) is 11.5. The molecule has 1 N–H and O–H groups in total. The second-order valence-electron chi connectivity index (χ2n) is 10.6. The molecule has 0 aliphatic carbocycles. The number of pyridine rings is 1. The number of methoxy groups -OCH3 is 1. The summed E-state index contributed by atoms with van der Waals surface area (Å²) >= 11 is 3.59. The largest absolute Gasteiger partial charge is 0.493 e. The number of imidazole rings is 1. The molecule has 2 heterocycles. The topological polar surface area (TPSA) is 64.9 Å². The van der Waals surface area contributed by atoms with Crippen molar-refractivity contribution in [3.8, 4) is 22.8 Å². The average Bonchev–Trinajstić information content (AvgIpc) is 3.07. The smallest absolute Gasteiger partial charge is 0.311 e.